The minimum absolute atomic E-state index is 0.0712. The first-order valence-electron chi connectivity index (χ1n) is 5.88. The van der Waals surface area contributed by atoms with E-state index < -0.39 is 0 Å². The van der Waals surface area contributed by atoms with Crippen molar-refractivity contribution < 1.29 is 0 Å². The van der Waals surface area contributed by atoms with Crippen LogP contribution in [0.15, 0.2) is 48.5 Å². The first-order valence-corrected chi connectivity index (χ1v) is 6.63. The molecule has 1 atom stereocenters. The molecule has 0 saturated heterocycles. The summed E-state index contributed by atoms with van der Waals surface area (Å²) in [7, 11) is 0. The molecule has 94 valence electrons. The largest absolute Gasteiger partial charge is 0.327 e. The lowest BCUT2D eigenvalue weighted by Crippen LogP contribution is -2.25. The summed E-state index contributed by atoms with van der Waals surface area (Å²) < 4.78 is 0. The third-order valence-corrected chi connectivity index (χ3v) is 3.20. The van der Waals surface area contributed by atoms with Crippen LogP contribution >= 0.6 is 23.2 Å². The zero-order valence-electron chi connectivity index (χ0n) is 9.94. The van der Waals surface area contributed by atoms with Crippen molar-refractivity contribution in [1.82, 2.24) is 0 Å². The molecule has 0 aromatic heterocycles. The van der Waals surface area contributed by atoms with Gasteiger partial charge in [0.15, 0.2) is 0 Å². The Kier molecular flexibility index (Phi) is 4.65. The van der Waals surface area contributed by atoms with Crippen LogP contribution in [0, 0.1) is 0 Å². The lowest BCUT2D eigenvalue weighted by Gasteiger charge is -2.12. The van der Waals surface area contributed by atoms with Gasteiger partial charge in [-0.05, 0) is 42.2 Å². The molecular weight excluding hydrogens is 265 g/mol. The maximum Gasteiger partial charge on any atom is 0.0423 e. The SMILES string of the molecule is NC(Cc1ccccc1)Cc1cc(Cl)cc(Cl)c1. The fourth-order valence-electron chi connectivity index (χ4n) is 2.02. The van der Waals surface area contributed by atoms with Crippen LogP contribution in [0.25, 0.3) is 0 Å². The molecule has 2 N–H and O–H groups in total. The Balaban J connectivity index is 2.01. The summed E-state index contributed by atoms with van der Waals surface area (Å²) in [4.78, 5) is 0. The molecular formula is C15H15Cl2N. The second kappa shape index (κ2) is 6.24. The quantitative estimate of drug-likeness (QED) is 0.896. The Morgan fingerprint density at radius 3 is 2.00 bits per heavy atom. The van der Waals surface area contributed by atoms with Gasteiger partial charge in [-0.1, -0.05) is 53.5 Å². The van der Waals surface area contributed by atoms with E-state index in [4.69, 9.17) is 28.9 Å². The van der Waals surface area contributed by atoms with Crippen LogP contribution in [0.2, 0.25) is 10.0 Å². The monoisotopic (exact) mass is 279 g/mol. The lowest BCUT2D eigenvalue weighted by atomic mass is 10.00. The summed E-state index contributed by atoms with van der Waals surface area (Å²) in [6, 6.07) is 15.9. The predicted molar refractivity (Wildman–Crippen MR) is 78.3 cm³/mol. The molecule has 18 heavy (non-hydrogen) atoms. The highest BCUT2D eigenvalue weighted by molar-refractivity contribution is 6.34. The van der Waals surface area contributed by atoms with Gasteiger partial charge in [0.1, 0.15) is 0 Å². The highest BCUT2D eigenvalue weighted by atomic mass is 35.5. The second-order valence-corrected chi connectivity index (χ2v) is 5.30. The molecule has 0 heterocycles. The number of nitrogens with two attached hydrogens (primary N) is 1. The van der Waals surface area contributed by atoms with Crippen molar-refractivity contribution in [3.8, 4) is 0 Å². The van der Waals surface area contributed by atoms with Crippen molar-refractivity contribution in [2.75, 3.05) is 0 Å². The number of hydrogen-bond acceptors (Lipinski definition) is 1. The van der Waals surface area contributed by atoms with Gasteiger partial charge in [0.25, 0.3) is 0 Å². The van der Waals surface area contributed by atoms with Gasteiger partial charge >= 0.3 is 0 Å². The normalized spacial score (nSPS) is 12.4. The van der Waals surface area contributed by atoms with Crippen LogP contribution in [0.5, 0.6) is 0 Å². The smallest absolute Gasteiger partial charge is 0.0423 e. The number of halogens is 2. The summed E-state index contributed by atoms with van der Waals surface area (Å²) in [5.74, 6) is 0. The Morgan fingerprint density at radius 2 is 1.39 bits per heavy atom. The van der Waals surface area contributed by atoms with Crippen molar-refractivity contribution in [2.24, 2.45) is 5.73 Å². The molecule has 2 aromatic carbocycles. The lowest BCUT2D eigenvalue weighted by molar-refractivity contribution is 0.665. The molecule has 1 nitrogen and oxygen atoms in total. The van der Waals surface area contributed by atoms with Crippen LogP contribution in [0.4, 0.5) is 0 Å². The summed E-state index contributed by atoms with van der Waals surface area (Å²) >= 11 is 11.9. The van der Waals surface area contributed by atoms with Crippen molar-refractivity contribution in [3.63, 3.8) is 0 Å². The molecule has 2 aromatic rings. The Morgan fingerprint density at radius 1 is 0.833 bits per heavy atom. The van der Waals surface area contributed by atoms with Gasteiger partial charge in [0.2, 0.25) is 0 Å². The van der Waals surface area contributed by atoms with E-state index in [0.29, 0.717) is 10.0 Å². The van der Waals surface area contributed by atoms with E-state index in [-0.39, 0.29) is 6.04 Å². The predicted octanol–water partition coefficient (Wildman–Crippen LogP) is 4.11. The summed E-state index contributed by atoms with van der Waals surface area (Å²) in [5, 5.41) is 1.31. The summed E-state index contributed by atoms with van der Waals surface area (Å²) in [6.07, 6.45) is 1.63. The van der Waals surface area contributed by atoms with Crippen LogP contribution < -0.4 is 5.73 Å². The number of rotatable bonds is 4. The highest BCUT2D eigenvalue weighted by Crippen LogP contribution is 2.20. The third-order valence-electron chi connectivity index (χ3n) is 2.76. The van der Waals surface area contributed by atoms with Gasteiger partial charge in [-0.25, -0.2) is 0 Å². The second-order valence-electron chi connectivity index (χ2n) is 4.43. The van der Waals surface area contributed by atoms with Gasteiger partial charge in [-0.2, -0.15) is 0 Å². The van der Waals surface area contributed by atoms with E-state index in [1.54, 1.807) is 6.07 Å². The van der Waals surface area contributed by atoms with Crippen LogP contribution in [-0.4, -0.2) is 6.04 Å². The number of benzene rings is 2. The van der Waals surface area contributed by atoms with E-state index in [1.807, 2.05) is 30.3 Å². The summed E-state index contributed by atoms with van der Waals surface area (Å²) in [5.41, 5.74) is 8.48. The Bertz CT molecular complexity index is 491. The van der Waals surface area contributed by atoms with Crippen molar-refractivity contribution >= 4 is 23.2 Å². The maximum absolute atomic E-state index is 6.15. The van der Waals surface area contributed by atoms with Crippen LogP contribution in [0.3, 0.4) is 0 Å². The van der Waals surface area contributed by atoms with E-state index in [2.05, 4.69) is 12.1 Å². The molecule has 0 aliphatic heterocycles. The van der Waals surface area contributed by atoms with Gasteiger partial charge in [-0.3, -0.25) is 0 Å². The average molecular weight is 280 g/mol. The van der Waals surface area contributed by atoms with Crippen LogP contribution in [0.1, 0.15) is 11.1 Å². The zero-order chi connectivity index (χ0) is 13.0. The molecule has 0 amide bonds. The molecule has 0 fully saturated rings. The maximum atomic E-state index is 6.15. The minimum atomic E-state index is 0.0712. The fourth-order valence-corrected chi connectivity index (χ4v) is 2.59. The first-order chi connectivity index (χ1) is 8.63. The molecule has 2 rings (SSSR count). The summed E-state index contributed by atoms with van der Waals surface area (Å²) in [6.45, 7) is 0. The van der Waals surface area contributed by atoms with E-state index >= 15 is 0 Å². The minimum Gasteiger partial charge on any atom is -0.327 e. The molecule has 0 spiro atoms. The molecule has 0 bridgehead atoms. The Labute approximate surface area is 118 Å². The van der Waals surface area contributed by atoms with Crippen molar-refractivity contribution in [2.45, 2.75) is 18.9 Å². The van der Waals surface area contributed by atoms with E-state index in [0.717, 1.165) is 18.4 Å². The molecule has 0 saturated carbocycles. The fraction of sp³-hybridized carbons (Fsp3) is 0.200. The van der Waals surface area contributed by atoms with Gasteiger partial charge < -0.3 is 5.73 Å². The standard InChI is InChI=1S/C15H15Cl2N/c16-13-6-12(7-14(17)10-13)9-15(18)8-11-4-2-1-3-5-11/h1-7,10,15H,8-9,18H2. The van der Waals surface area contributed by atoms with Crippen molar-refractivity contribution in [3.05, 3.63) is 69.7 Å². The van der Waals surface area contributed by atoms with E-state index in [9.17, 15) is 0 Å². The van der Waals surface area contributed by atoms with Gasteiger partial charge in [0.05, 0.1) is 0 Å². The molecule has 3 heteroatoms. The van der Waals surface area contributed by atoms with Gasteiger partial charge in [0, 0.05) is 16.1 Å². The topological polar surface area (TPSA) is 26.0 Å². The Hall–Kier alpha value is -1.02. The van der Waals surface area contributed by atoms with Gasteiger partial charge in [-0.15, -0.1) is 0 Å². The number of hydrogen-bond donors (Lipinski definition) is 1. The third kappa shape index (κ3) is 4.02. The zero-order valence-corrected chi connectivity index (χ0v) is 11.5. The molecule has 1 unspecified atom stereocenters. The average Bonchev–Trinajstić information content (AvgIpc) is 2.28. The van der Waals surface area contributed by atoms with Crippen LogP contribution in [-0.2, 0) is 12.8 Å². The van der Waals surface area contributed by atoms with Crippen molar-refractivity contribution in [1.29, 1.82) is 0 Å². The van der Waals surface area contributed by atoms with E-state index in [1.165, 1.54) is 5.56 Å². The highest BCUT2D eigenvalue weighted by Gasteiger charge is 2.07. The molecule has 0 aliphatic carbocycles. The molecule has 0 aliphatic rings. The molecule has 0 radical (unpaired) electrons. The first kappa shape index (κ1) is 13.4.